The lowest BCUT2D eigenvalue weighted by Gasteiger charge is -2.33. The molecule has 1 aliphatic heterocycles. The standard InChI is InChI=1S/C10H24N4/c1-9(2)14-6-5-10(7-11,8-14)12-13(3)4/h9,12H,5-8,11H2,1-4H3. The highest BCUT2D eigenvalue weighted by atomic mass is 15.5. The van der Waals surface area contributed by atoms with Crippen LogP contribution in [0.2, 0.25) is 0 Å². The summed E-state index contributed by atoms with van der Waals surface area (Å²) in [5, 5.41) is 2.01. The minimum absolute atomic E-state index is 0.0910. The fourth-order valence-electron chi connectivity index (χ4n) is 2.12. The van der Waals surface area contributed by atoms with Gasteiger partial charge in [-0.2, -0.15) is 0 Å². The van der Waals surface area contributed by atoms with E-state index in [1.54, 1.807) is 0 Å². The van der Waals surface area contributed by atoms with Crippen molar-refractivity contribution in [2.45, 2.75) is 31.8 Å². The first-order valence-corrected chi connectivity index (χ1v) is 5.38. The second-order valence-corrected chi connectivity index (χ2v) is 4.80. The maximum Gasteiger partial charge on any atom is 0.0586 e. The summed E-state index contributed by atoms with van der Waals surface area (Å²) in [5.41, 5.74) is 9.41. The molecule has 3 N–H and O–H groups in total. The zero-order valence-corrected chi connectivity index (χ0v) is 9.88. The fraction of sp³-hybridized carbons (Fsp3) is 1.00. The summed E-state index contributed by atoms with van der Waals surface area (Å²) in [6.45, 7) is 7.38. The van der Waals surface area contributed by atoms with Gasteiger partial charge in [0.05, 0.1) is 5.54 Å². The molecule has 1 aliphatic rings. The summed E-state index contributed by atoms with van der Waals surface area (Å²) in [7, 11) is 4.05. The summed E-state index contributed by atoms with van der Waals surface area (Å²) < 4.78 is 0. The molecular weight excluding hydrogens is 176 g/mol. The van der Waals surface area contributed by atoms with Crippen molar-refractivity contribution < 1.29 is 0 Å². The number of nitrogens with one attached hydrogen (secondary N) is 1. The molecule has 84 valence electrons. The molecule has 1 atom stereocenters. The third-order valence-electron chi connectivity index (χ3n) is 2.97. The van der Waals surface area contributed by atoms with Gasteiger partial charge in [-0.15, -0.1) is 0 Å². The van der Waals surface area contributed by atoms with E-state index in [4.69, 9.17) is 5.73 Å². The van der Waals surface area contributed by atoms with Crippen LogP contribution >= 0.6 is 0 Å². The Morgan fingerprint density at radius 3 is 2.50 bits per heavy atom. The first-order chi connectivity index (χ1) is 6.49. The molecule has 0 aliphatic carbocycles. The van der Waals surface area contributed by atoms with Gasteiger partial charge < -0.3 is 5.73 Å². The highest BCUT2D eigenvalue weighted by molar-refractivity contribution is 4.97. The van der Waals surface area contributed by atoms with Gasteiger partial charge in [0.2, 0.25) is 0 Å². The van der Waals surface area contributed by atoms with Gasteiger partial charge in [-0.05, 0) is 20.3 Å². The van der Waals surface area contributed by atoms with Crippen LogP contribution in [0.1, 0.15) is 20.3 Å². The van der Waals surface area contributed by atoms with Crippen LogP contribution in [0.4, 0.5) is 0 Å². The predicted molar refractivity (Wildman–Crippen MR) is 59.9 cm³/mol. The maximum atomic E-state index is 5.86. The molecule has 4 heteroatoms. The Bertz CT molecular complexity index is 181. The Morgan fingerprint density at radius 2 is 2.14 bits per heavy atom. The van der Waals surface area contributed by atoms with Crippen molar-refractivity contribution in [3.05, 3.63) is 0 Å². The summed E-state index contributed by atoms with van der Waals surface area (Å²) in [6.07, 6.45) is 1.14. The van der Waals surface area contributed by atoms with E-state index < -0.39 is 0 Å². The molecule has 0 radical (unpaired) electrons. The molecule has 0 aromatic rings. The fourth-order valence-corrected chi connectivity index (χ4v) is 2.12. The number of likely N-dealkylation sites (tertiary alicyclic amines) is 1. The minimum Gasteiger partial charge on any atom is -0.329 e. The van der Waals surface area contributed by atoms with E-state index in [9.17, 15) is 0 Å². The van der Waals surface area contributed by atoms with Crippen molar-refractivity contribution in [2.24, 2.45) is 5.73 Å². The van der Waals surface area contributed by atoms with Crippen LogP contribution in [0.5, 0.6) is 0 Å². The number of hydrazine groups is 1. The van der Waals surface area contributed by atoms with Crippen LogP contribution in [-0.2, 0) is 0 Å². The van der Waals surface area contributed by atoms with Crippen LogP contribution < -0.4 is 11.2 Å². The minimum atomic E-state index is 0.0910. The zero-order chi connectivity index (χ0) is 10.8. The molecule has 0 aromatic carbocycles. The first kappa shape index (κ1) is 11.9. The van der Waals surface area contributed by atoms with Gasteiger partial charge in [-0.25, -0.2) is 10.4 Å². The molecule has 0 spiro atoms. The highest BCUT2D eigenvalue weighted by Crippen LogP contribution is 2.22. The van der Waals surface area contributed by atoms with Crippen LogP contribution in [-0.4, -0.2) is 55.2 Å². The number of nitrogens with two attached hydrogens (primary N) is 1. The number of nitrogens with zero attached hydrogens (tertiary/aromatic N) is 2. The molecule has 0 amide bonds. The second-order valence-electron chi connectivity index (χ2n) is 4.80. The lowest BCUT2D eigenvalue weighted by Crippen LogP contribution is -2.58. The number of rotatable bonds is 4. The Balaban J connectivity index is 2.56. The van der Waals surface area contributed by atoms with E-state index in [0.717, 1.165) is 19.5 Å². The molecule has 1 saturated heterocycles. The largest absolute Gasteiger partial charge is 0.329 e. The van der Waals surface area contributed by atoms with Gasteiger partial charge in [0.15, 0.2) is 0 Å². The summed E-state index contributed by atoms with van der Waals surface area (Å²) in [6, 6.07) is 0.618. The zero-order valence-electron chi connectivity index (χ0n) is 9.88. The Kier molecular flexibility index (Phi) is 3.89. The van der Waals surface area contributed by atoms with Crippen molar-refractivity contribution in [1.82, 2.24) is 15.3 Å². The third-order valence-corrected chi connectivity index (χ3v) is 2.97. The van der Waals surface area contributed by atoms with Gasteiger partial charge >= 0.3 is 0 Å². The van der Waals surface area contributed by atoms with Gasteiger partial charge in [0.25, 0.3) is 0 Å². The van der Waals surface area contributed by atoms with Gasteiger partial charge in [0, 0.05) is 39.8 Å². The molecular formula is C10H24N4. The van der Waals surface area contributed by atoms with Crippen molar-refractivity contribution in [1.29, 1.82) is 0 Å². The predicted octanol–water partition coefficient (Wildman–Crippen LogP) is -0.136. The molecule has 1 fully saturated rings. The molecule has 1 rings (SSSR count). The second kappa shape index (κ2) is 4.57. The highest BCUT2D eigenvalue weighted by Gasteiger charge is 2.37. The van der Waals surface area contributed by atoms with Crippen LogP contribution in [0.15, 0.2) is 0 Å². The van der Waals surface area contributed by atoms with Gasteiger partial charge in [-0.3, -0.25) is 4.90 Å². The Morgan fingerprint density at radius 1 is 1.50 bits per heavy atom. The summed E-state index contributed by atoms with van der Waals surface area (Å²) in [4.78, 5) is 2.48. The number of hydrogen-bond donors (Lipinski definition) is 2. The van der Waals surface area contributed by atoms with Crippen molar-refractivity contribution in [2.75, 3.05) is 33.7 Å². The molecule has 0 aromatic heterocycles. The van der Waals surface area contributed by atoms with Gasteiger partial charge in [-0.1, -0.05) is 0 Å². The van der Waals surface area contributed by atoms with Crippen molar-refractivity contribution in [3.8, 4) is 0 Å². The van der Waals surface area contributed by atoms with Crippen LogP contribution in [0.25, 0.3) is 0 Å². The van der Waals surface area contributed by atoms with Crippen molar-refractivity contribution >= 4 is 0 Å². The summed E-state index contributed by atoms with van der Waals surface area (Å²) >= 11 is 0. The van der Waals surface area contributed by atoms with E-state index in [2.05, 4.69) is 24.2 Å². The lowest BCUT2D eigenvalue weighted by molar-refractivity contribution is 0.155. The molecule has 1 unspecified atom stereocenters. The quantitative estimate of drug-likeness (QED) is 0.620. The van der Waals surface area contributed by atoms with E-state index >= 15 is 0 Å². The molecule has 4 nitrogen and oxygen atoms in total. The van der Waals surface area contributed by atoms with Crippen LogP contribution in [0, 0.1) is 0 Å². The lowest BCUT2D eigenvalue weighted by atomic mass is 10.0. The monoisotopic (exact) mass is 200 g/mol. The van der Waals surface area contributed by atoms with E-state index in [1.807, 2.05) is 19.1 Å². The summed E-state index contributed by atoms with van der Waals surface area (Å²) in [5.74, 6) is 0. The van der Waals surface area contributed by atoms with E-state index in [-0.39, 0.29) is 5.54 Å². The normalized spacial score (nSPS) is 29.4. The Hall–Kier alpha value is -0.160. The maximum absolute atomic E-state index is 5.86. The average Bonchev–Trinajstić information content (AvgIpc) is 2.49. The molecule has 14 heavy (non-hydrogen) atoms. The third kappa shape index (κ3) is 2.67. The van der Waals surface area contributed by atoms with E-state index in [0.29, 0.717) is 12.6 Å². The van der Waals surface area contributed by atoms with Crippen molar-refractivity contribution in [3.63, 3.8) is 0 Å². The van der Waals surface area contributed by atoms with Gasteiger partial charge in [0.1, 0.15) is 0 Å². The molecule has 0 saturated carbocycles. The Labute approximate surface area is 87.4 Å². The first-order valence-electron chi connectivity index (χ1n) is 5.38. The smallest absolute Gasteiger partial charge is 0.0586 e. The SMILES string of the molecule is CC(C)N1CCC(CN)(NN(C)C)C1. The topological polar surface area (TPSA) is 44.5 Å². The van der Waals surface area contributed by atoms with Crippen LogP contribution in [0.3, 0.4) is 0 Å². The molecule has 0 bridgehead atoms. The van der Waals surface area contributed by atoms with E-state index in [1.165, 1.54) is 0 Å². The average molecular weight is 200 g/mol. The number of hydrogen-bond acceptors (Lipinski definition) is 4. The molecule has 1 heterocycles.